The number of methoxy groups -OCH3 is 1. The average Bonchev–Trinajstić information content (AvgIpc) is 2.52. The minimum atomic E-state index is -0.633. The molecule has 0 spiro atoms. The van der Waals surface area contributed by atoms with Crippen molar-refractivity contribution in [3.8, 4) is 0 Å². The smallest absolute Gasteiger partial charge is 0.414 e. The molecule has 1 unspecified atom stereocenters. The zero-order valence-electron chi connectivity index (χ0n) is 14.2. The first-order valence-electron chi connectivity index (χ1n) is 7.62. The third-order valence-corrected chi connectivity index (χ3v) is 3.47. The molecule has 1 heterocycles. The Balaban J connectivity index is 2.27. The summed E-state index contributed by atoms with van der Waals surface area (Å²) in [5.74, 6) is -0.512. The molecule has 6 heteroatoms. The quantitative estimate of drug-likeness (QED) is 0.778. The Morgan fingerprint density at radius 2 is 1.79 bits per heavy atom. The maximum absolute atomic E-state index is 12.4. The largest absolute Gasteiger partial charge is 0.465 e. The van der Waals surface area contributed by atoms with Crippen molar-refractivity contribution in [2.45, 2.75) is 38.8 Å². The molecule has 0 aromatic heterocycles. The molecule has 1 aliphatic heterocycles. The number of carbonyl (C=O) groups is 3. The Hall–Kier alpha value is -2.63. The van der Waals surface area contributed by atoms with E-state index in [4.69, 9.17) is 4.74 Å². The van der Waals surface area contributed by atoms with Crippen molar-refractivity contribution in [3.05, 3.63) is 47.7 Å². The van der Waals surface area contributed by atoms with Gasteiger partial charge in [0.25, 0.3) is 0 Å². The second-order valence-corrected chi connectivity index (χ2v) is 6.50. The molecule has 1 aliphatic rings. The second-order valence-electron chi connectivity index (χ2n) is 6.50. The van der Waals surface area contributed by atoms with Crippen LogP contribution < -0.4 is 0 Å². The van der Waals surface area contributed by atoms with Crippen LogP contribution in [0.25, 0.3) is 0 Å². The first kappa shape index (κ1) is 17.7. The summed E-state index contributed by atoms with van der Waals surface area (Å²) >= 11 is 0. The van der Waals surface area contributed by atoms with E-state index in [-0.39, 0.29) is 12.2 Å². The van der Waals surface area contributed by atoms with E-state index in [1.807, 2.05) is 0 Å². The van der Waals surface area contributed by atoms with E-state index in [1.54, 1.807) is 45.0 Å². The van der Waals surface area contributed by atoms with Crippen molar-refractivity contribution in [1.82, 2.24) is 4.90 Å². The summed E-state index contributed by atoms with van der Waals surface area (Å²) in [6.45, 7) is 5.34. The molecule has 0 saturated heterocycles. The van der Waals surface area contributed by atoms with Crippen LogP contribution in [0.5, 0.6) is 0 Å². The molecule has 6 nitrogen and oxygen atoms in total. The zero-order chi connectivity index (χ0) is 17.9. The number of esters is 1. The predicted octanol–water partition coefficient (Wildman–Crippen LogP) is 3.24. The van der Waals surface area contributed by atoms with Crippen molar-refractivity contribution >= 4 is 17.8 Å². The normalized spacial score (nSPS) is 17.6. The van der Waals surface area contributed by atoms with E-state index in [1.165, 1.54) is 24.3 Å². The van der Waals surface area contributed by atoms with Gasteiger partial charge in [0, 0.05) is 12.6 Å². The number of carbonyl (C=O) groups excluding carboxylic acids is 3. The fourth-order valence-electron chi connectivity index (χ4n) is 2.36. The van der Waals surface area contributed by atoms with Crippen LogP contribution >= 0.6 is 0 Å². The van der Waals surface area contributed by atoms with Crippen molar-refractivity contribution in [2.75, 3.05) is 7.11 Å². The summed E-state index contributed by atoms with van der Waals surface area (Å²) in [7, 11) is 1.31. The van der Waals surface area contributed by atoms with Crippen molar-refractivity contribution in [3.63, 3.8) is 0 Å². The Kier molecular flexibility index (Phi) is 5.07. The topological polar surface area (TPSA) is 72.9 Å². The first-order valence-corrected chi connectivity index (χ1v) is 7.62. The van der Waals surface area contributed by atoms with Gasteiger partial charge in [-0.3, -0.25) is 9.69 Å². The van der Waals surface area contributed by atoms with E-state index in [2.05, 4.69) is 4.74 Å². The van der Waals surface area contributed by atoms with Gasteiger partial charge in [0.05, 0.1) is 18.7 Å². The number of hydrogen-bond donors (Lipinski definition) is 0. The number of hydrogen-bond acceptors (Lipinski definition) is 5. The van der Waals surface area contributed by atoms with Gasteiger partial charge in [-0.25, -0.2) is 9.59 Å². The third kappa shape index (κ3) is 4.22. The lowest BCUT2D eigenvalue weighted by Gasteiger charge is -2.33. The molecule has 1 amide bonds. The van der Waals surface area contributed by atoms with Gasteiger partial charge in [-0.15, -0.1) is 0 Å². The predicted molar refractivity (Wildman–Crippen MR) is 87.4 cm³/mol. The van der Waals surface area contributed by atoms with Crippen molar-refractivity contribution < 1.29 is 23.9 Å². The van der Waals surface area contributed by atoms with Crippen LogP contribution in [-0.4, -0.2) is 35.5 Å². The van der Waals surface area contributed by atoms with Gasteiger partial charge >= 0.3 is 12.1 Å². The van der Waals surface area contributed by atoms with Gasteiger partial charge in [-0.2, -0.15) is 0 Å². The molecule has 1 atom stereocenters. The molecule has 24 heavy (non-hydrogen) atoms. The summed E-state index contributed by atoms with van der Waals surface area (Å²) in [5, 5.41) is 0. The highest BCUT2D eigenvalue weighted by atomic mass is 16.6. The van der Waals surface area contributed by atoms with E-state index >= 15 is 0 Å². The maximum Gasteiger partial charge on any atom is 0.414 e. The minimum absolute atomic E-state index is 0.0724. The highest BCUT2D eigenvalue weighted by Gasteiger charge is 2.31. The van der Waals surface area contributed by atoms with Gasteiger partial charge in [0.2, 0.25) is 0 Å². The molecule has 0 fully saturated rings. The number of rotatable bonds is 2. The van der Waals surface area contributed by atoms with Gasteiger partial charge in [-0.1, -0.05) is 12.1 Å². The van der Waals surface area contributed by atoms with Crippen LogP contribution in [0, 0.1) is 0 Å². The maximum atomic E-state index is 12.4. The Morgan fingerprint density at radius 3 is 2.33 bits per heavy atom. The van der Waals surface area contributed by atoms with Crippen LogP contribution in [0.2, 0.25) is 0 Å². The lowest BCUT2D eigenvalue weighted by Crippen LogP contribution is -2.38. The monoisotopic (exact) mass is 331 g/mol. The lowest BCUT2D eigenvalue weighted by atomic mass is 9.96. The van der Waals surface area contributed by atoms with Gasteiger partial charge in [-0.05, 0) is 44.5 Å². The van der Waals surface area contributed by atoms with Crippen LogP contribution in [0.15, 0.2) is 36.5 Å². The highest BCUT2D eigenvalue weighted by molar-refractivity contribution is 5.92. The fourth-order valence-corrected chi connectivity index (χ4v) is 2.36. The number of ketones is 1. The molecule has 2 rings (SSSR count). The van der Waals surface area contributed by atoms with E-state index in [0.717, 1.165) is 5.56 Å². The SMILES string of the molecule is COC(=O)c1ccc(C2CC(=O)C=CN2C(=O)OC(C)(C)C)cc1. The Bertz CT molecular complexity index is 670. The van der Waals surface area contributed by atoms with E-state index in [0.29, 0.717) is 5.56 Å². The second kappa shape index (κ2) is 6.86. The van der Waals surface area contributed by atoms with Crippen molar-refractivity contribution in [1.29, 1.82) is 0 Å². The zero-order valence-corrected chi connectivity index (χ0v) is 14.2. The molecule has 0 saturated carbocycles. The fraction of sp³-hybridized carbons (Fsp3) is 0.389. The van der Waals surface area contributed by atoms with Crippen molar-refractivity contribution in [2.24, 2.45) is 0 Å². The number of allylic oxidation sites excluding steroid dienone is 1. The Morgan fingerprint density at radius 1 is 1.17 bits per heavy atom. The molecule has 128 valence electrons. The summed E-state index contributed by atoms with van der Waals surface area (Å²) in [5.41, 5.74) is 0.514. The van der Waals surface area contributed by atoms with Gasteiger partial charge < -0.3 is 9.47 Å². The minimum Gasteiger partial charge on any atom is -0.465 e. The highest BCUT2D eigenvalue weighted by Crippen LogP contribution is 2.30. The summed E-state index contributed by atoms with van der Waals surface area (Å²) in [6.07, 6.45) is 2.45. The number of ether oxygens (including phenoxy) is 2. The van der Waals surface area contributed by atoms with Crippen LogP contribution in [-0.2, 0) is 14.3 Å². The summed E-state index contributed by atoms with van der Waals surface area (Å²) < 4.78 is 10.1. The summed E-state index contributed by atoms with van der Waals surface area (Å²) in [4.78, 5) is 37.1. The van der Waals surface area contributed by atoms with E-state index < -0.39 is 23.7 Å². The van der Waals surface area contributed by atoms with Crippen LogP contribution in [0.1, 0.15) is 49.2 Å². The first-order chi connectivity index (χ1) is 11.2. The molecule has 0 bridgehead atoms. The van der Waals surface area contributed by atoms with Gasteiger partial charge in [0.1, 0.15) is 5.60 Å². The molecule has 0 N–H and O–H groups in total. The molecule has 1 aromatic carbocycles. The van der Waals surface area contributed by atoms with Crippen LogP contribution in [0.4, 0.5) is 4.79 Å². The Labute approximate surface area is 141 Å². The lowest BCUT2D eigenvalue weighted by molar-refractivity contribution is -0.116. The van der Waals surface area contributed by atoms with Gasteiger partial charge in [0.15, 0.2) is 5.78 Å². The standard InChI is InChI=1S/C18H21NO5/c1-18(2,3)24-17(22)19-10-9-14(20)11-15(19)12-5-7-13(8-6-12)16(21)23-4/h5-10,15H,11H2,1-4H3. The average molecular weight is 331 g/mol. The molecule has 0 aliphatic carbocycles. The summed E-state index contributed by atoms with van der Waals surface area (Å²) in [6, 6.07) is 6.17. The van der Waals surface area contributed by atoms with Crippen LogP contribution in [0.3, 0.4) is 0 Å². The molecule has 1 aromatic rings. The molecule has 0 radical (unpaired) electrons. The number of nitrogens with zero attached hydrogens (tertiary/aromatic N) is 1. The number of benzene rings is 1. The molecular weight excluding hydrogens is 310 g/mol. The third-order valence-electron chi connectivity index (χ3n) is 3.47. The molecular formula is C18H21NO5. The number of amides is 1. The van der Waals surface area contributed by atoms with E-state index in [9.17, 15) is 14.4 Å².